The molecule has 4 heteroatoms. The molecular weight excluding hydrogens is 256 g/mol. The number of hydrogen-bond acceptors (Lipinski definition) is 4. The number of fused-ring (bicyclic) bond motifs is 1. The number of likely N-dealkylation sites (N-methyl/N-ethyl adjacent to an activating group) is 1. The molecule has 2 atom stereocenters. The van der Waals surface area contributed by atoms with Crippen LogP contribution in [-0.4, -0.2) is 42.6 Å². The maximum absolute atomic E-state index is 6.55. The Labute approximate surface area is 119 Å². The summed E-state index contributed by atoms with van der Waals surface area (Å²) in [5, 5.41) is 0. The number of ether oxygens (including phenoxy) is 1. The summed E-state index contributed by atoms with van der Waals surface area (Å²) < 4.78 is 5.90. The molecule has 2 heterocycles. The van der Waals surface area contributed by atoms with E-state index in [1.807, 2.05) is 11.8 Å². The molecule has 1 aromatic rings. The Morgan fingerprint density at radius 1 is 1.47 bits per heavy atom. The predicted molar refractivity (Wildman–Crippen MR) is 80.9 cm³/mol. The Hall–Kier alpha value is -0.710. The molecule has 0 aromatic heterocycles. The first kappa shape index (κ1) is 13.3. The summed E-state index contributed by atoms with van der Waals surface area (Å²) in [6, 6.07) is 6.90. The summed E-state index contributed by atoms with van der Waals surface area (Å²) in [5.74, 6) is 3.38. The first-order valence-electron chi connectivity index (χ1n) is 7.05. The van der Waals surface area contributed by atoms with Crippen molar-refractivity contribution in [2.75, 3.05) is 31.7 Å². The molecule has 1 aromatic carbocycles. The van der Waals surface area contributed by atoms with E-state index >= 15 is 0 Å². The molecule has 3 nitrogen and oxygen atoms in total. The average molecular weight is 278 g/mol. The highest BCUT2D eigenvalue weighted by atomic mass is 32.2. The van der Waals surface area contributed by atoms with Gasteiger partial charge in [-0.3, -0.25) is 4.90 Å². The molecule has 104 valence electrons. The molecule has 2 unspecified atom stereocenters. The lowest BCUT2D eigenvalue weighted by Crippen LogP contribution is -2.46. The molecule has 0 saturated carbocycles. The van der Waals surface area contributed by atoms with Crippen molar-refractivity contribution in [2.45, 2.75) is 24.9 Å². The maximum Gasteiger partial charge on any atom is 0.127 e. The highest BCUT2D eigenvalue weighted by Crippen LogP contribution is 2.35. The number of aryl methyl sites for hydroxylation is 1. The molecule has 1 saturated heterocycles. The Morgan fingerprint density at radius 2 is 2.37 bits per heavy atom. The highest BCUT2D eigenvalue weighted by molar-refractivity contribution is 7.99. The predicted octanol–water partition coefficient (Wildman–Crippen LogP) is 2.06. The van der Waals surface area contributed by atoms with Gasteiger partial charge in [-0.15, -0.1) is 0 Å². The minimum absolute atomic E-state index is 0.0471. The van der Waals surface area contributed by atoms with Gasteiger partial charge in [0.1, 0.15) is 5.75 Å². The fourth-order valence-electron chi connectivity index (χ4n) is 2.97. The molecule has 3 rings (SSSR count). The SMILES string of the molecule is CN1CCSCC1C(N)c1cccc2c1OCCC2. The van der Waals surface area contributed by atoms with Crippen LogP contribution in [0.2, 0.25) is 0 Å². The summed E-state index contributed by atoms with van der Waals surface area (Å²) in [6.07, 6.45) is 2.23. The zero-order valence-electron chi connectivity index (χ0n) is 11.5. The van der Waals surface area contributed by atoms with Gasteiger partial charge in [0.2, 0.25) is 0 Å². The van der Waals surface area contributed by atoms with Crippen molar-refractivity contribution in [2.24, 2.45) is 5.73 Å². The third kappa shape index (κ3) is 2.62. The molecule has 1 fully saturated rings. The molecule has 2 N–H and O–H groups in total. The lowest BCUT2D eigenvalue weighted by Gasteiger charge is -2.37. The summed E-state index contributed by atoms with van der Waals surface area (Å²) >= 11 is 2.00. The number of para-hydroxylation sites is 1. The third-order valence-electron chi connectivity index (χ3n) is 4.18. The first-order valence-corrected chi connectivity index (χ1v) is 8.21. The molecule has 2 aliphatic rings. The van der Waals surface area contributed by atoms with E-state index in [0.717, 1.165) is 37.5 Å². The fourth-order valence-corrected chi connectivity index (χ4v) is 4.25. The van der Waals surface area contributed by atoms with Crippen molar-refractivity contribution in [3.63, 3.8) is 0 Å². The average Bonchev–Trinajstić information content (AvgIpc) is 2.46. The molecule has 0 bridgehead atoms. The van der Waals surface area contributed by atoms with Crippen LogP contribution in [0.4, 0.5) is 0 Å². The third-order valence-corrected chi connectivity index (χ3v) is 5.23. The lowest BCUT2D eigenvalue weighted by atomic mass is 9.94. The molecule has 2 aliphatic heterocycles. The molecule has 0 aliphatic carbocycles. The van der Waals surface area contributed by atoms with Crippen molar-refractivity contribution in [1.82, 2.24) is 4.90 Å². The fraction of sp³-hybridized carbons (Fsp3) is 0.600. The second-order valence-electron chi connectivity index (χ2n) is 5.44. The largest absolute Gasteiger partial charge is 0.493 e. The zero-order chi connectivity index (χ0) is 13.2. The van der Waals surface area contributed by atoms with Crippen LogP contribution in [0.25, 0.3) is 0 Å². The van der Waals surface area contributed by atoms with Gasteiger partial charge in [-0.1, -0.05) is 18.2 Å². The molecule has 19 heavy (non-hydrogen) atoms. The van der Waals surface area contributed by atoms with Crippen LogP contribution >= 0.6 is 11.8 Å². The van der Waals surface area contributed by atoms with Crippen molar-refractivity contribution in [3.05, 3.63) is 29.3 Å². The molecular formula is C15H22N2OS. The smallest absolute Gasteiger partial charge is 0.127 e. The maximum atomic E-state index is 6.55. The van der Waals surface area contributed by atoms with Gasteiger partial charge in [-0.05, 0) is 25.5 Å². The Morgan fingerprint density at radius 3 is 3.21 bits per heavy atom. The van der Waals surface area contributed by atoms with Gasteiger partial charge in [0, 0.05) is 35.7 Å². The van der Waals surface area contributed by atoms with Crippen molar-refractivity contribution in [3.8, 4) is 5.75 Å². The number of thioether (sulfide) groups is 1. The van der Waals surface area contributed by atoms with E-state index in [4.69, 9.17) is 10.5 Å². The van der Waals surface area contributed by atoms with Crippen molar-refractivity contribution >= 4 is 11.8 Å². The minimum atomic E-state index is 0.0471. The topological polar surface area (TPSA) is 38.5 Å². The number of rotatable bonds is 2. The van der Waals surface area contributed by atoms with Crippen molar-refractivity contribution < 1.29 is 4.74 Å². The normalized spacial score (nSPS) is 25.5. The lowest BCUT2D eigenvalue weighted by molar-refractivity contribution is 0.229. The quantitative estimate of drug-likeness (QED) is 0.899. The summed E-state index contributed by atoms with van der Waals surface area (Å²) in [7, 11) is 2.18. The summed E-state index contributed by atoms with van der Waals surface area (Å²) in [5.41, 5.74) is 9.06. The van der Waals surface area contributed by atoms with E-state index < -0.39 is 0 Å². The van der Waals surface area contributed by atoms with Crippen LogP contribution in [0, 0.1) is 0 Å². The monoisotopic (exact) mass is 278 g/mol. The molecule has 0 radical (unpaired) electrons. The number of nitrogens with two attached hydrogens (primary N) is 1. The van der Waals surface area contributed by atoms with Crippen LogP contribution in [0.3, 0.4) is 0 Å². The van der Waals surface area contributed by atoms with Gasteiger partial charge in [0.25, 0.3) is 0 Å². The van der Waals surface area contributed by atoms with Gasteiger partial charge < -0.3 is 10.5 Å². The van der Waals surface area contributed by atoms with E-state index in [-0.39, 0.29) is 6.04 Å². The highest BCUT2D eigenvalue weighted by Gasteiger charge is 2.29. The van der Waals surface area contributed by atoms with Gasteiger partial charge in [-0.2, -0.15) is 11.8 Å². The minimum Gasteiger partial charge on any atom is -0.493 e. The molecule has 0 amide bonds. The van der Waals surface area contributed by atoms with Crippen LogP contribution in [0.1, 0.15) is 23.6 Å². The summed E-state index contributed by atoms with van der Waals surface area (Å²) in [4.78, 5) is 2.39. The standard InChI is InChI=1S/C15H22N2OS/c1-17-7-9-19-10-13(17)14(16)12-6-2-4-11-5-3-8-18-15(11)12/h2,4,6,13-14H,3,5,7-10,16H2,1H3. The second kappa shape index (κ2) is 5.73. The van der Waals surface area contributed by atoms with Gasteiger partial charge in [0.15, 0.2) is 0 Å². The van der Waals surface area contributed by atoms with Crippen molar-refractivity contribution in [1.29, 1.82) is 0 Å². The van der Waals surface area contributed by atoms with Crippen LogP contribution < -0.4 is 10.5 Å². The molecule has 0 spiro atoms. The van der Waals surface area contributed by atoms with Crippen LogP contribution in [-0.2, 0) is 6.42 Å². The number of nitrogens with zero attached hydrogens (tertiary/aromatic N) is 1. The van der Waals surface area contributed by atoms with E-state index in [1.54, 1.807) is 0 Å². The Bertz CT molecular complexity index is 452. The van der Waals surface area contributed by atoms with Gasteiger partial charge in [-0.25, -0.2) is 0 Å². The summed E-state index contributed by atoms with van der Waals surface area (Å²) in [6.45, 7) is 1.95. The van der Waals surface area contributed by atoms with E-state index in [0.29, 0.717) is 6.04 Å². The van der Waals surface area contributed by atoms with Gasteiger partial charge >= 0.3 is 0 Å². The first-order chi connectivity index (χ1) is 9.27. The Kier molecular flexibility index (Phi) is 4.01. The van der Waals surface area contributed by atoms with Gasteiger partial charge in [0.05, 0.1) is 6.61 Å². The van der Waals surface area contributed by atoms with E-state index in [1.165, 1.54) is 16.9 Å². The van der Waals surface area contributed by atoms with Crippen LogP contribution in [0.5, 0.6) is 5.75 Å². The Balaban J connectivity index is 1.88. The second-order valence-corrected chi connectivity index (χ2v) is 6.59. The van der Waals surface area contributed by atoms with E-state index in [9.17, 15) is 0 Å². The number of benzene rings is 1. The number of hydrogen-bond donors (Lipinski definition) is 1. The van der Waals surface area contributed by atoms with Crippen LogP contribution in [0.15, 0.2) is 18.2 Å². The zero-order valence-corrected chi connectivity index (χ0v) is 12.3. The van der Waals surface area contributed by atoms with E-state index in [2.05, 4.69) is 30.1 Å².